The molecule has 122 valence electrons. The average Bonchev–Trinajstić information content (AvgIpc) is 3.23. The summed E-state index contributed by atoms with van der Waals surface area (Å²) in [5, 5.41) is 8.23. The fourth-order valence-corrected chi connectivity index (χ4v) is 4.51. The summed E-state index contributed by atoms with van der Waals surface area (Å²) in [6.45, 7) is 3.68. The topological polar surface area (TPSA) is 52.2 Å². The van der Waals surface area contributed by atoms with Crippen LogP contribution in [0.25, 0.3) is 10.9 Å². The first-order chi connectivity index (χ1) is 11.3. The molecule has 1 N–H and O–H groups in total. The van der Waals surface area contributed by atoms with Crippen LogP contribution in [0, 0.1) is 0 Å². The molecule has 5 nitrogen and oxygen atoms in total. The van der Waals surface area contributed by atoms with Gasteiger partial charge in [0.15, 0.2) is 0 Å². The Balaban J connectivity index is 1.47. The second-order valence-electron chi connectivity index (χ2n) is 6.36. The third-order valence-corrected chi connectivity index (χ3v) is 5.81. The van der Waals surface area contributed by atoms with E-state index in [0.717, 1.165) is 61.4 Å². The van der Waals surface area contributed by atoms with Crippen molar-refractivity contribution in [3.05, 3.63) is 30.0 Å². The monoisotopic (exact) mass is 330 g/mol. The number of aromatic nitrogens is 2. The highest BCUT2D eigenvalue weighted by Gasteiger charge is 2.34. The zero-order chi connectivity index (χ0) is 15.6. The van der Waals surface area contributed by atoms with Crippen molar-refractivity contribution < 1.29 is 4.79 Å². The summed E-state index contributed by atoms with van der Waals surface area (Å²) in [7, 11) is 0. The predicted octanol–water partition coefficient (Wildman–Crippen LogP) is 2.10. The molecule has 0 radical (unpaired) electrons. The zero-order valence-electron chi connectivity index (χ0n) is 13.2. The van der Waals surface area contributed by atoms with E-state index in [1.54, 1.807) is 0 Å². The Morgan fingerprint density at radius 3 is 3.04 bits per heavy atom. The summed E-state index contributed by atoms with van der Waals surface area (Å²) in [4.78, 5) is 17.2. The van der Waals surface area contributed by atoms with E-state index in [1.807, 2.05) is 18.0 Å². The number of aromatic amines is 1. The average molecular weight is 330 g/mol. The molecular weight excluding hydrogens is 308 g/mol. The summed E-state index contributed by atoms with van der Waals surface area (Å²) in [5.74, 6) is 2.50. The highest BCUT2D eigenvalue weighted by molar-refractivity contribution is 7.99. The van der Waals surface area contributed by atoms with E-state index >= 15 is 0 Å². The first kappa shape index (κ1) is 15.0. The van der Waals surface area contributed by atoms with E-state index < -0.39 is 0 Å². The standard InChI is InChI=1S/C17H22N4OS/c22-17(20-6-8-23-9-7-20)16-2-1-5-21(16)12-13-3-4-14-11-18-19-15(14)10-13/h3-4,10-11,16H,1-2,5-9,12H2,(H,18,19). The van der Waals surface area contributed by atoms with Gasteiger partial charge in [-0.2, -0.15) is 16.9 Å². The molecule has 4 rings (SSSR count). The minimum atomic E-state index is 0.0653. The number of fused-ring (bicyclic) bond motifs is 1. The second-order valence-corrected chi connectivity index (χ2v) is 7.58. The number of nitrogens with one attached hydrogen (secondary N) is 1. The van der Waals surface area contributed by atoms with Gasteiger partial charge in [-0.15, -0.1) is 0 Å². The quantitative estimate of drug-likeness (QED) is 0.936. The van der Waals surface area contributed by atoms with Gasteiger partial charge in [-0.05, 0) is 31.0 Å². The number of hydrogen-bond donors (Lipinski definition) is 1. The van der Waals surface area contributed by atoms with Gasteiger partial charge in [0.2, 0.25) is 5.91 Å². The van der Waals surface area contributed by atoms with Crippen molar-refractivity contribution >= 4 is 28.6 Å². The van der Waals surface area contributed by atoms with Crippen molar-refractivity contribution in [2.45, 2.75) is 25.4 Å². The summed E-state index contributed by atoms with van der Waals surface area (Å²) >= 11 is 1.95. The minimum absolute atomic E-state index is 0.0653. The normalized spacial score (nSPS) is 22.8. The summed E-state index contributed by atoms with van der Waals surface area (Å²) in [6.07, 6.45) is 3.95. The minimum Gasteiger partial charge on any atom is -0.340 e. The van der Waals surface area contributed by atoms with Crippen molar-refractivity contribution in [3.63, 3.8) is 0 Å². The summed E-state index contributed by atoms with van der Waals surface area (Å²) < 4.78 is 0. The highest BCUT2D eigenvalue weighted by Crippen LogP contribution is 2.24. The molecule has 0 aliphatic carbocycles. The van der Waals surface area contributed by atoms with Crippen molar-refractivity contribution in [1.29, 1.82) is 0 Å². The molecule has 0 bridgehead atoms. The Labute approximate surface area is 140 Å². The van der Waals surface area contributed by atoms with E-state index in [9.17, 15) is 4.79 Å². The molecule has 1 unspecified atom stereocenters. The molecule has 1 atom stereocenters. The van der Waals surface area contributed by atoms with Crippen LogP contribution in [0.1, 0.15) is 18.4 Å². The Bertz CT molecular complexity index is 695. The molecule has 1 amide bonds. The van der Waals surface area contributed by atoms with Crippen molar-refractivity contribution in [2.75, 3.05) is 31.1 Å². The molecule has 23 heavy (non-hydrogen) atoms. The second kappa shape index (κ2) is 6.53. The van der Waals surface area contributed by atoms with Gasteiger partial charge in [-0.25, -0.2) is 0 Å². The van der Waals surface area contributed by atoms with E-state index in [0.29, 0.717) is 5.91 Å². The molecule has 1 aromatic heterocycles. The van der Waals surface area contributed by atoms with E-state index in [-0.39, 0.29) is 6.04 Å². The number of H-pyrrole nitrogens is 1. The summed E-state index contributed by atoms with van der Waals surface area (Å²) in [5.41, 5.74) is 2.31. The first-order valence-electron chi connectivity index (χ1n) is 8.34. The van der Waals surface area contributed by atoms with Gasteiger partial charge in [-0.1, -0.05) is 12.1 Å². The van der Waals surface area contributed by atoms with Crippen LogP contribution in [0.3, 0.4) is 0 Å². The van der Waals surface area contributed by atoms with E-state index in [4.69, 9.17) is 0 Å². The molecule has 6 heteroatoms. The third-order valence-electron chi connectivity index (χ3n) is 4.86. The maximum atomic E-state index is 12.8. The van der Waals surface area contributed by atoms with Gasteiger partial charge in [0.05, 0.1) is 17.8 Å². The van der Waals surface area contributed by atoms with Crippen molar-refractivity contribution in [1.82, 2.24) is 20.0 Å². The number of thioether (sulfide) groups is 1. The Hall–Kier alpha value is -1.53. The van der Waals surface area contributed by atoms with Crippen LogP contribution >= 0.6 is 11.8 Å². The van der Waals surface area contributed by atoms with Gasteiger partial charge >= 0.3 is 0 Å². The molecule has 2 fully saturated rings. The molecule has 1 aromatic carbocycles. The fourth-order valence-electron chi connectivity index (χ4n) is 3.61. The van der Waals surface area contributed by atoms with Gasteiger partial charge in [0.25, 0.3) is 0 Å². The number of hydrogen-bond acceptors (Lipinski definition) is 4. The van der Waals surface area contributed by atoms with Gasteiger partial charge in [0.1, 0.15) is 0 Å². The number of amides is 1. The van der Waals surface area contributed by atoms with Crippen LogP contribution in [-0.4, -0.2) is 63.1 Å². The Kier molecular flexibility index (Phi) is 4.27. The first-order valence-corrected chi connectivity index (χ1v) is 9.49. The molecule has 2 aromatic rings. The number of rotatable bonds is 3. The molecule has 3 heterocycles. The largest absolute Gasteiger partial charge is 0.340 e. The number of carbonyl (C=O) groups is 1. The molecule has 0 spiro atoms. The maximum absolute atomic E-state index is 12.8. The van der Waals surface area contributed by atoms with Crippen LogP contribution in [0.15, 0.2) is 24.4 Å². The van der Waals surface area contributed by atoms with Gasteiger partial charge in [-0.3, -0.25) is 14.8 Å². The lowest BCUT2D eigenvalue weighted by molar-refractivity contribution is -0.135. The number of benzene rings is 1. The fraction of sp³-hybridized carbons (Fsp3) is 0.529. The van der Waals surface area contributed by atoms with E-state index in [2.05, 4.69) is 38.2 Å². The lowest BCUT2D eigenvalue weighted by Crippen LogP contribution is -2.48. The van der Waals surface area contributed by atoms with Crippen LogP contribution < -0.4 is 0 Å². The Morgan fingerprint density at radius 1 is 1.30 bits per heavy atom. The van der Waals surface area contributed by atoms with Gasteiger partial charge < -0.3 is 4.90 Å². The molecular formula is C17H22N4OS. The molecule has 2 aliphatic rings. The van der Waals surface area contributed by atoms with Crippen LogP contribution in [0.5, 0.6) is 0 Å². The molecule has 0 saturated carbocycles. The zero-order valence-corrected chi connectivity index (χ0v) is 14.0. The predicted molar refractivity (Wildman–Crippen MR) is 93.4 cm³/mol. The SMILES string of the molecule is O=C(C1CCCN1Cc1ccc2cn[nH]c2c1)N1CCSCC1. The summed E-state index contributed by atoms with van der Waals surface area (Å²) in [6, 6.07) is 6.47. The smallest absolute Gasteiger partial charge is 0.239 e. The number of likely N-dealkylation sites (tertiary alicyclic amines) is 1. The third kappa shape index (κ3) is 3.10. The van der Waals surface area contributed by atoms with Crippen LogP contribution in [0.4, 0.5) is 0 Å². The van der Waals surface area contributed by atoms with E-state index in [1.165, 1.54) is 5.56 Å². The highest BCUT2D eigenvalue weighted by atomic mass is 32.2. The van der Waals surface area contributed by atoms with Crippen LogP contribution in [0.2, 0.25) is 0 Å². The molecule has 2 saturated heterocycles. The molecule has 2 aliphatic heterocycles. The Morgan fingerprint density at radius 2 is 2.17 bits per heavy atom. The lowest BCUT2D eigenvalue weighted by Gasteiger charge is -2.32. The van der Waals surface area contributed by atoms with Gasteiger partial charge in [0, 0.05) is 36.5 Å². The van der Waals surface area contributed by atoms with Crippen molar-refractivity contribution in [2.24, 2.45) is 0 Å². The van der Waals surface area contributed by atoms with Crippen LogP contribution in [-0.2, 0) is 11.3 Å². The number of nitrogens with zero attached hydrogens (tertiary/aromatic N) is 3. The lowest BCUT2D eigenvalue weighted by atomic mass is 10.1. The van der Waals surface area contributed by atoms with Crippen molar-refractivity contribution in [3.8, 4) is 0 Å². The number of carbonyl (C=O) groups excluding carboxylic acids is 1. The maximum Gasteiger partial charge on any atom is 0.239 e.